The zero-order valence-corrected chi connectivity index (χ0v) is 23.9. The first kappa shape index (κ1) is 27.8. The van der Waals surface area contributed by atoms with Gasteiger partial charge in [0, 0.05) is 5.56 Å². The van der Waals surface area contributed by atoms with Crippen LogP contribution in [-0.4, -0.2) is 25.9 Å². The van der Waals surface area contributed by atoms with E-state index in [1.165, 1.54) is 15.9 Å². The summed E-state index contributed by atoms with van der Waals surface area (Å²) in [4.78, 5) is 26.4. The van der Waals surface area contributed by atoms with Crippen LogP contribution in [0, 0.1) is 0 Å². The number of methoxy groups -OCH3 is 2. The summed E-state index contributed by atoms with van der Waals surface area (Å²) >= 11 is 0. The third-order valence-corrected chi connectivity index (χ3v) is 11.5. The van der Waals surface area contributed by atoms with Gasteiger partial charge >= 0.3 is 0 Å². The molecule has 0 atom stereocenters. The van der Waals surface area contributed by atoms with Crippen molar-refractivity contribution < 1.29 is 19.1 Å². The molecule has 5 nitrogen and oxygen atoms in total. The maximum absolute atomic E-state index is 13.4. The number of benzene rings is 5. The Morgan fingerprint density at radius 2 is 1.00 bits per heavy atom. The van der Waals surface area contributed by atoms with Gasteiger partial charge in [0.2, 0.25) is 0 Å². The topological polar surface area (TPSA) is 64.6 Å². The molecule has 6 heteroatoms. The van der Waals surface area contributed by atoms with Crippen LogP contribution in [0.25, 0.3) is 0 Å². The third kappa shape index (κ3) is 5.63. The van der Waals surface area contributed by atoms with E-state index in [0.717, 1.165) is 5.56 Å². The third-order valence-electron chi connectivity index (χ3n) is 7.14. The highest BCUT2D eigenvalue weighted by molar-refractivity contribution is 7.95. The molecule has 0 fully saturated rings. The van der Waals surface area contributed by atoms with Crippen LogP contribution in [0.15, 0.2) is 133 Å². The number of ketones is 1. The van der Waals surface area contributed by atoms with Crippen LogP contribution in [-0.2, 0) is 11.0 Å². The molecule has 0 radical (unpaired) electrons. The standard InChI is InChI=1S/C35H30NO4P/c1-39-31-23-24-32(40-2)33(36-35(38)34(37)26-15-7-3-8-16-26)30(31)25-41(27-17-9-4-10-18-27,28-19-11-5-12-20-28)29-21-13-6-14-22-29/h3-24H,25H2,1-2H3/p+1. The lowest BCUT2D eigenvalue weighted by Gasteiger charge is -2.29. The number of hydrogen-bond acceptors (Lipinski definition) is 4. The highest BCUT2D eigenvalue weighted by atomic mass is 31.2. The second kappa shape index (κ2) is 12.6. The lowest BCUT2D eigenvalue weighted by Crippen LogP contribution is -2.33. The zero-order chi connectivity index (χ0) is 28.7. The average Bonchev–Trinajstić information content (AvgIpc) is 3.05. The van der Waals surface area contributed by atoms with Crippen molar-refractivity contribution in [3.05, 3.63) is 145 Å². The predicted molar refractivity (Wildman–Crippen MR) is 168 cm³/mol. The maximum Gasteiger partial charge on any atom is 0.296 e. The van der Waals surface area contributed by atoms with Crippen LogP contribution in [0.3, 0.4) is 0 Å². The molecule has 5 aromatic carbocycles. The molecule has 0 saturated carbocycles. The molecule has 0 heterocycles. The van der Waals surface area contributed by atoms with Gasteiger partial charge in [-0.3, -0.25) is 9.59 Å². The van der Waals surface area contributed by atoms with Gasteiger partial charge in [-0.1, -0.05) is 84.9 Å². The highest BCUT2D eigenvalue weighted by Crippen LogP contribution is 2.60. The molecule has 0 unspecified atom stereocenters. The minimum atomic E-state index is -2.37. The fourth-order valence-electron chi connectivity index (χ4n) is 5.16. The van der Waals surface area contributed by atoms with Gasteiger partial charge in [-0.05, 0) is 48.5 Å². The lowest BCUT2D eigenvalue weighted by atomic mass is 10.1. The number of carbonyl (C=O) groups is 2. The van der Waals surface area contributed by atoms with E-state index >= 15 is 0 Å². The van der Waals surface area contributed by atoms with E-state index in [9.17, 15) is 9.59 Å². The van der Waals surface area contributed by atoms with Crippen molar-refractivity contribution >= 4 is 40.6 Å². The molecule has 204 valence electrons. The lowest BCUT2D eigenvalue weighted by molar-refractivity contribution is -0.112. The largest absolute Gasteiger partial charge is 0.496 e. The van der Waals surface area contributed by atoms with Crippen molar-refractivity contribution in [3.63, 3.8) is 0 Å². The van der Waals surface area contributed by atoms with Crippen LogP contribution >= 0.6 is 7.26 Å². The molecule has 41 heavy (non-hydrogen) atoms. The molecule has 0 bridgehead atoms. The predicted octanol–water partition coefficient (Wildman–Crippen LogP) is 6.02. The quantitative estimate of drug-likeness (QED) is 0.129. The van der Waals surface area contributed by atoms with Crippen LogP contribution in [0.2, 0.25) is 0 Å². The number of ether oxygens (including phenoxy) is 2. The molecule has 5 aromatic rings. The summed E-state index contributed by atoms with van der Waals surface area (Å²) in [6.07, 6.45) is 0.514. The monoisotopic (exact) mass is 560 g/mol. The summed E-state index contributed by atoms with van der Waals surface area (Å²) < 4.78 is 11.6. The van der Waals surface area contributed by atoms with Gasteiger partial charge in [-0.25, -0.2) is 0 Å². The number of carbonyl (C=O) groups excluding carboxylic acids is 2. The molecular formula is C35H31NO4P+. The van der Waals surface area contributed by atoms with Gasteiger partial charge < -0.3 is 14.8 Å². The summed E-state index contributed by atoms with van der Waals surface area (Å²) in [6.45, 7) is 0. The van der Waals surface area contributed by atoms with Gasteiger partial charge in [0.25, 0.3) is 11.7 Å². The minimum Gasteiger partial charge on any atom is -0.496 e. The number of amides is 1. The first-order valence-corrected chi connectivity index (χ1v) is 15.3. The average molecular weight is 561 g/mol. The Balaban J connectivity index is 1.73. The number of hydrogen-bond donors (Lipinski definition) is 1. The Morgan fingerprint density at radius 1 is 0.585 bits per heavy atom. The zero-order valence-electron chi connectivity index (χ0n) is 23.0. The van der Waals surface area contributed by atoms with Crippen LogP contribution < -0.4 is 30.7 Å². The van der Waals surface area contributed by atoms with Crippen molar-refractivity contribution in [2.24, 2.45) is 0 Å². The summed E-state index contributed by atoms with van der Waals surface area (Å²) in [5, 5.41) is 6.45. The molecule has 5 rings (SSSR count). The molecular weight excluding hydrogens is 529 g/mol. The van der Waals surface area contributed by atoms with Gasteiger partial charge in [-0.2, -0.15) is 0 Å². The van der Waals surface area contributed by atoms with Crippen LogP contribution in [0.5, 0.6) is 11.5 Å². The van der Waals surface area contributed by atoms with Gasteiger partial charge in [0.1, 0.15) is 40.8 Å². The first-order valence-electron chi connectivity index (χ1n) is 13.3. The van der Waals surface area contributed by atoms with Crippen molar-refractivity contribution in [2.45, 2.75) is 6.16 Å². The summed E-state index contributed by atoms with van der Waals surface area (Å²) in [5.74, 6) is -0.327. The van der Waals surface area contributed by atoms with Gasteiger partial charge in [0.15, 0.2) is 0 Å². The Morgan fingerprint density at radius 3 is 1.44 bits per heavy atom. The van der Waals surface area contributed by atoms with E-state index in [-0.39, 0.29) is 0 Å². The number of Topliss-reactive ketones (excluding diaryl/α,β-unsaturated/α-hetero) is 1. The van der Waals surface area contributed by atoms with Gasteiger partial charge in [0.05, 0.1) is 25.5 Å². The Labute approximate surface area is 241 Å². The van der Waals surface area contributed by atoms with E-state index in [4.69, 9.17) is 9.47 Å². The second-order valence-corrected chi connectivity index (χ2v) is 12.9. The molecule has 0 aliphatic rings. The SMILES string of the molecule is COc1ccc(OC)c(NC(=O)C(=O)c2ccccc2)c1C[P+](c1ccccc1)(c1ccccc1)c1ccccc1. The summed E-state index contributed by atoms with van der Waals surface area (Å²) in [5.41, 5.74) is 1.49. The number of nitrogens with one attached hydrogen (secondary N) is 1. The smallest absolute Gasteiger partial charge is 0.296 e. The van der Waals surface area contributed by atoms with E-state index in [1.54, 1.807) is 50.6 Å². The molecule has 1 N–H and O–H groups in total. The molecule has 0 spiro atoms. The second-order valence-electron chi connectivity index (χ2n) is 9.45. The van der Waals surface area contributed by atoms with Crippen molar-refractivity contribution in [1.82, 2.24) is 0 Å². The van der Waals surface area contributed by atoms with Gasteiger partial charge in [-0.15, -0.1) is 0 Å². The molecule has 0 saturated heterocycles. The molecule has 1 amide bonds. The van der Waals surface area contributed by atoms with E-state index in [2.05, 4.69) is 78.1 Å². The van der Waals surface area contributed by atoms with Crippen molar-refractivity contribution in [1.29, 1.82) is 0 Å². The van der Waals surface area contributed by atoms with Crippen molar-refractivity contribution in [2.75, 3.05) is 19.5 Å². The molecule has 0 aromatic heterocycles. The Bertz CT molecular complexity index is 1530. The van der Waals surface area contributed by atoms with Crippen LogP contribution in [0.1, 0.15) is 15.9 Å². The minimum absolute atomic E-state index is 0.313. The molecule has 0 aliphatic heterocycles. The van der Waals surface area contributed by atoms with E-state index in [1.807, 2.05) is 24.3 Å². The van der Waals surface area contributed by atoms with E-state index in [0.29, 0.717) is 28.9 Å². The Kier molecular flexibility index (Phi) is 8.57. The highest BCUT2D eigenvalue weighted by Gasteiger charge is 2.47. The van der Waals surface area contributed by atoms with Crippen LogP contribution in [0.4, 0.5) is 5.69 Å². The fraction of sp³-hybridized carbons (Fsp3) is 0.0857. The first-order chi connectivity index (χ1) is 20.1. The maximum atomic E-state index is 13.4. The number of rotatable bonds is 10. The Hall–Kier alpha value is -4.73. The van der Waals surface area contributed by atoms with Crippen molar-refractivity contribution in [3.8, 4) is 11.5 Å². The summed E-state index contributed by atoms with van der Waals surface area (Å²) in [7, 11) is 0.791. The fourth-order valence-corrected chi connectivity index (χ4v) is 9.43. The number of anilines is 1. The molecule has 0 aliphatic carbocycles. The summed E-state index contributed by atoms with van der Waals surface area (Å²) in [6, 6.07) is 43.5. The normalized spacial score (nSPS) is 11.0. The van der Waals surface area contributed by atoms with E-state index < -0.39 is 19.0 Å².